The fourth-order valence-corrected chi connectivity index (χ4v) is 3.48. The van der Waals surface area contributed by atoms with Crippen molar-refractivity contribution in [2.45, 2.75) is 18.9 Å². The number of methoxy groups -OCH3 is 1. The molecule has 138 valence electrons. The van der Waals surface area contributed by atoms with Crippen molar-refractivity contribution in [2.24, 2.45) is 5.92 Å². The summed E-state index contributed by atoms with van der Waals surface area (Å²) in [6.45, 7) is 2.47. The van der Waals surface area contributed by atoms with Crippen LogP contribution in [-0.2, 0) is 9.53 Å². The maximum atomic E-state index is 13.7. The highest BCUT2D eigenvalue weighted by molar-refractivity contribution is 5.75. The quantitative estimate of drug-likeness (QED) is 0.827. The first-order valence-corrected chi connectivity index (χ1v) is 8.54. The molecule has 2 aromatic rings. The van der Waals surface area contributed by atoms with Crippen molar-refractivity contribution in [2.75, 3.05) is 20.3 Å². The number of esters is 1. The van der Waals surface area contributed by atoms with Crippen LogP contribution in [0.1, 0.15) is 30.0 Å². The molecule has 0 aliphatic carbocycles. The summed E-state index contributed by atoms with van der Waals surface area (Å²) < 4.78 is 37.4. The second kappa shape index (κ2) is 7.83. The molecule has 0 bridgehead atoms. The van der Waals surface area contributed by atoms with Crippen molar-refractivity contribution >= 4 is 5.97 Å². The van der Waals surface area contributed by atoms with E-state index in [0.717, 1.165) is 23.4 Å². The van der Waals surface area contributed by atoms with Crippen LogP contribution >= 0.6 is 0 Å². The number of hydrogen-bond donors (Lipinski definition) is 1. The van der Waals surface area contributed by atoms with E-state index in [2.05, 4.69) is 5.32 Å². The molecule has 2 aromatic carbocycles. The monoisotopic (exact) mass is 361 g/mol. The Labute approximate surface area is 151 Å². The fourth-order valence-electron chi connectivity index (χ4n) is 3.48. The van der Waals surface area contributed by atoms with Gasteiger partial charge < -0.3 is 14.8 Å². The average Bonchev–Trinajstić information content (AvgIpc) is 3.09. The normalized spacial score (nSPS) is 22.2. The highest BCUT2D eigenvalue weighted by atomic mass is 19.2. The Hall–Kier alpha value is -2.47. The number of benzene rings is 2. The van der Waals surface area contributed by atoms with Gasteiger partial charge in [0, 0.05) is 18.5 Å². The summed E-state index contributed by atoms with van der Waals surface area (Å²) in [5, 5.41) is 3.32. The van der Waals surface area contributed by atoms with Gasteiger partial charge in [0.15, 0.2) is 11.6 Å². The standard InChI is InChI=1S/C20H21F2NO3/c1-3-26-20(24)18-15(13-6-9-16(21)17(22)10-13)11-23-19(18)12-4-7-14(25-2)8-5-12/h4-10,15,18-19,23H,3,11H2,1-2H3/t15-,18-,19+/m1/s1. The van der Waals surface area contributed by atoms with Crippen LogP contribution in [-0.4, -0.2) is 26.2 Å². The van der Waals surface area contributed by atoms with Crippen LogP contribution in [0.15, 0.2) is 42.5 Å². The number of halogens is 2. The van der Waals surface area contributed by atoms with Crippen molar-refractivity contribution < 1.29 is 23.0 Å². The summed E-state index contributed by atoms with van der Waals surface area (Å²) in [5.74, 6) is -2.30. The molecule has 0 saturated carbocycles. The molecule has 1 aliphatic heterocycles. The molecule has 3 atom stereocenters. The Balaban J connectivity index is 1.94. The van der Waals surface area contributed by atoms with Crippen LogP contribution in [0, 0.1) is 17.6 Å². The molecular formula is C20H21F2NO3. The zero-order valence-electron chi connectivity index (χ0n) is 14.7. The second-order valence-electron chi connectivity index (χ2n) is 6.22. The Bertz CT molecular complexity index is 779. The third-order valence-corrected chi connectivity index (χ3v) is 4.76. The molecule has 1 heterocycles. The topological polar surface area (TPSA) is 47.6 Å². The van der Waals surface area contributed by atoms with Gasteiger partial charge in [0.05, 0.1) is 19.6 Å². The molecule has 0 radical (unpaired) electrons. The molecule has 0 spiro atoms. The lowest BCUT2D eigenvalue weighted by atomic mass is 9.83. The largest absolute Gasteiger partial charge is 0.497 e. The molecule has 0 unspecified atom stereocenters. The molecule has 26 heavy (non-hydrogen) atoms. The number of carbonyl (C=O) groups excluding carboxylic acids is 1. The molecule has 0 amide bonds. The van der Waals surface area contributed by atoms with Crippen molar-refractivity contribution in [1.82, 2.24) is 5.32 Å². The number of carbonyl (C=O) groups is 1. The summed E-state index contributed by atoms with van der Waals surface area (Å²) in [6, 6.07) is 10.9. The number of nitrogens with one attached hydrogen (secondary N) is 1. The lowest BCUT2D eigenvalue weighted by molar-refractivity contribution is -0.148. The predicted molar refractivity (Wildman–Crippen MR) is 93.0 cm³/mol. The molecule has 4 nitrogen and oxygen atoms in total. The van der Waals surface area contributed by atoms with Gasteiger partial charge in [-0.25, -0.2) is 8.78 Å². The molecular weight excluding hydrogens is 340 g/mol. The van der Waals surface area contributed by atoms with E-state index in [0.29, 0.717) is 12.1 Å². The van der Waals surface area contributed by atoms with Crippen LogP contribution in [0.25, 0.3) is 0 Å². The minimum absolute atomic E-state index is 0.259. The van der Waals surface area contributed by atoms with Gasteiger partial charge in [0.1, 0.15) is 5.75 Å². The summed E-state index contributed by atoms with van der Waals surface area (Å²) in [6.07, 6.45) is 0. The summed E-state index contributed by atoms with van der Waals surface area (Å²) in [5.41, 5.74) is 1.49. The highest BCUT2D eigenvalue weighted by Gasteiger charge is 2.43. The zero-order chi connectivity index (χ0) is 18.7. The Kier molecular flexibility index (Phi) is 5.52. The van der Waals surface area contributed by atoms with Gasteiger partial charge in [-0.05, 0) is 42.3 Å². The lowest BCUT2D eigenvalue weighted by Crippen LogP contribution is -2.27. The van der Waals surface area contributed by atoms with Gasteiger partial charge in [0.25, 0.3) is 0 Å². The van der Waals surface area contributed by atoms with E-state index in [4.69, 9.17) is 9.47 Å². The fraction of sp³-hybridized carbons (Fsp3) is 0.350. The van der Waals surface area contributed by atoms with Gasteiger partial charge in [-0.15, -0.1) is 0 Å². The smallest absolute Gasteiger partial charge is 0.311 e. The first-order valence-electron chi connectivity index (χ1n) is 8.54. The zero-order valence-corrected chi connectivity index (χ0v) is 14.7. The van der Waals surface area contributed by atoms with E-state index in [1.807, 2.05) is 24.3 Å². The van der Waals surface area contributed by atoms with E-state index in [-0.39, 0.29) is 24.5 Å². The lowest BCUT2D eigenvalue weighted by Gasteiger charge is -2.23. The number of ether oxygens (including phenoxy) is 2. The van der Waals surface area contributed by atoms with Crippen LogP contribution in [0.3, 0.4) is 0 Å². The van der Waals surface area contributed by atoms with Crippen LogP contribution < -0.4 is 10.1 Å². The maximum absolute atomic E-state index is 13.7. The SMILES string of the molecule is CCOC(=O)[C@@H]1[C@@H](c2ccc(F)c(F)c2)CN[C@H]1c1ccc(OC)cc1. The average molecular weight is 361 g/mol. The maximum Gasteiger partial charge on any atom is 0.311 e. The Morgan fingerprint density at radius 3 is 2.42 bits per heavy atom. The van der Waals surface area contributed by atoms with Gasteiger partial charge in [-0.2, -0.15) is 0 Å². The van der Waals surface area contributed by atoms with Crippen LogP contribution in [0.2, 0.25) is 0 Å². The first-order chi connectivity index (χ1) is 12.5. The van der Waals surface area contributed by atoms with Crippen molar-refractivity contribution in [3.05, 3.63) is 65.2 Å². The number of hydrogen-bond acceptors (Lipinski definition) is 4. The molecule has 0 aromatic heterocycles. The molecule has 1 aliphatic rings. The van der Waals surface area contributed by atoms with Crippen molar-refractivity contribution in [3.8, 4) is 5.75 Å². The van der Waals surface area contributed by atoms with Gasteiger partial charge in [-0.1, -0.05) is 18.2 Å². The third kappa shape index (κ3) is 3.55. The van der Waals surface area contributed by atoms with Crippen LogP contribution in [0.5, 0.6) is 5.75 Å². The summed E-state index contributed by atoms with van der Waals surface area (Å²) in [4.78, 5) is 12.6. The highest BCUT2D eigenvalue weighted by Crippen LogP contribution is 2.41. The minimum atomic E-state index is -0.919. The molecule has 1 fully saturated rings. The Morgan fingerprint density at radius 2 is 1.81 bits per heavy atom. The second-order valence-corrected chi connectivity index (χ2v) is 6.22. The molecule has 3 rings (SSSR count). The Morgan fingerprint density at radius 1 is 1.12 bits per heavy atom. The summed E-state index contributed by atoms with van der Waals surface area (Å²) >= 11 is 0. The van der Waals surface area contributed by atoms with E-state index >= 15 is 0 Å². The van der Waals surface area contributed by atoms with Gasteiger partial charge in [0.2, 0.25) is 0 Å². The first kappa shape index (κ1) is 18.3. The van der Waals surface area contributed by atoms with E-state index in [9.17, 15) is 13.6 Å². The van der Waals surface area contributed by atoms with E-state index in [1.54, 1.807) is 14.0 Å². The van der Waals surface area contributed by atoms with Gasteiger partial charge >= 0.3 is 5.97 Å². The molecule has 6 heteroatoms. The van der Waals surface area contributed by atoms with E-state index < -0.39 is 17.6 Å². The molecule has 1 saturated heterocycles. The van der Waals surface area contributed by atoms with Crippen molar-refractivity contribution in [1.29, 1.82) is 0 Å². The molecule has 1 N–H and O–H groups in total. The van der Waals surface area contributed by atoms with Gasteiger partial charge in [-0.3, -0.25) is 4.79 Å². The predicted octanol–water partition coefficient (Wildman–Crippen LogP) is 3.58. The third-order valence-electron chi connectivity index (χ3n) is 4.76. The summed E-state index contributed by atoms with van der Waals surface area (Å²) in [7, 11) is 1.59. The van der Waals surface area contributed by atoms with E-state index in [1.165, 1.54) is 6.07 Å². The number of rotatable bonds is 5. The van der Waals surface area contributed by atoms with Crippen molar-refractivity contribution in [3.63, 3.8) is 0 Å². The van der Waals surface area contributed by atoms with Crippen LogP contribution in [0.4, 0.5) is 8.78 Å². The minimum Gasteiger partial charge on any atom is -0.497 e.